The molecule has 6 heteroatoms. The Kier molecular flexibility index (Phi) is 5.93. The number of likely N-dealkylation sites (tertiary alicyclic amines) is 1. The lowest BCUT2D eigenvalue weighted by Crippen LogP contribution is -2.47. The molecule has 2 amide bonds. The Labute approximate surface area is 157 Å². The number of benzene rings is 2. The fraction of sp³-hybridized carbons (Fsp3) is 0.300. The van der Waals surface area contributed by atoms with Crippen molar-refractivity contribution in [3.8, 4) is 0 Å². The van der Waals surface area contributed by atoms with Crippen LogP contribution in [0, 0.1) is 5.82 Å². The summed E-state index contributed by atoms with van der Waals surface area (Å²) in [6, 6.07) is 13.2. The maximum Gasteiger partial charge on any atom is 0.252 e. The molecular weight excluding hydrogens is 351 g/mol. The van der Waals surface area contributed by atoms with E-state index in [1.165, 1.54) is 12.1 Å². The van der Waals surface area contributed by atoms with Crippen LogP contribution in [0.1, 0.15) is 28.8 Å². The van der Waals surface area contributed by atoms with E-state index in [1.807, 2.05) is 12.1 Å². The van der Waals surface area contributed by atoms with Gasteiger partial charge in [-0.05, 0) is 42.7 Å². The summed E-state index contributed by atoms with van der Waals surface area (Å²) in [6.45, 7) is 1.21. The van der Waals surface area contributed by atoms with Gasteiger partial charge in [-0.2, -0.15) is 0 Å². The minimum absolute atomic E-state index is 0.0297. The van der Waals surface area contributed by atoms with Crippen LogP contribution < -0.4 is 5.32 Å². The quantitative estimate of drug-likeness (QED) is 0.811. The summed E-state index contributed by atoms with van der Waals surface area (Å²) in [5.41, 5.74) is 1.36. The lowest BCUT2D eigenvalue weighted by atomic mass is 10.0. The Balaban J connectivity index is 1.49. The van der Waals surface area contributed by atoms with Crippen molar-refractivity contribution in [2.45, 2.75) is 30.2 Å². The second-order valence-electron chi connectivity index (χ2n) is 6.45. The zero-order valence-electron chi connectivity index (χ0n) is 14.3. The van der Waals surface area contributed by atoms with Gasteiger partial charge in [-0.15, -0.1) is 12.6 Å². The number of amides is 2. The molecule has 0 aliphatic carbocycles. The molecule has 1 saturated heterocycles. The van der Waals surface area contributed by atoms with Crippen LogP contribution in [-0.2, 0) is 11.2 Å². The first-order chi connectivity index (χ1) is 12.5. The molecule has 1 heterocycles. The van der Waals surface area contributed by atoms with Crippen molar-refractivity contribution in [3.05, 3.63) is 65.5 Å². The standard InChI is InChI=1S/C20H21FN2O2S/c21-15-7-5-14(6-8-15)13-19(24)23-11-9-16(10-12-23)22-20(25)17-3-1-2-4-18(17)26/h1-8,16,26H,9-13H2,(H,22,25). The van der Waals surface area contributed by atoms with Gasteiger partial charge in [-0.1, -0.05) is 24.3 Å². The third-order valence-corrected chi connectivity index (χ3v) is 4.99. The first-order valence-electron chi connectivity index (χ1n) is 8.64. The number of carbonyl (C=O) groups is 2. The van der Waals surface area contributed by atoms with E-state index in [-0.39, 0.29) is 30.1 Å². The first kappa shape index (κ1) is 18.5. The number of rotatable bonds is 4. The lowest BCUT2D eigenvalue weighted by molar-refractivity contribution is -0.131. The SMILES string of the molecule is O=C(NC1CCN(C(=O)Cc2ccc(F)cc2)CC1)c1ccccc1S. The molecular formula is C20H21FN2O2S. The van der Waals surface area contributed by atoms with Crippen molar-refractivity contribution < 1.29 is 14.0 Å². The number of hydrogen-bond donors (Lipinski definition) is 2. The van der Waals surface area contributed by atoms with Crippen molar-refractivity contribution in [1.29, 1.82) is 0 Å². The Hall–Kier alpha value is -2.34. The number of nitrogens with zero attached hydrogens (tertiary/aromatic N) is 1. The highest BCUT2D eigenvalue weighted by Crippen LogP contribution is 2.16. The highest BCUT2D eigenvalue weighted by Gasteiger charge is 2.24. The van der Waals surface area contributed by atoms with Crippen molar-refractivity contribution in [3.63, 3.8) is 0 Å². The van der Waals surface area contributed by atoms with Crippen LogP contribution in [-0.4, -0.2) is 35.8 Å². The maximum absolute atomic E-state index is 12.9. The average molecular weight is 372 g/mol. The second kappa shape index (κ2) is 8.36. The molecule has 4 nitrogen and oxygen atoms in total. The fourth-order valence-corrected chi connectivity index (χ4v) is 3.35. The van der Waals surface area contributed by atoms with Gasteiger partial charge in [0.15, 0.2) is 0 Å². The van der Waals surface area contributed by atoms with Gasteiger partial charge in [-0.25, -0.2) is 4.39 Å². The molecule has 0 aromatic heterocycles. The highest BCUT2D eigenvalue weighted by molar-refractivity contribution is 7.80. The summed E-state index contributed by atoms with van der Waals surface area (Å²) >= 11 is 4.31. The fourth-order valence-electron chi connectivity index (χ4n) is 3.09. The van der Waals surface area contributed by atoms with Gasteiger partial charge >= 0.3 is 0 Å². The zero-order chi connectivity index (χ0) is 18.5. The van der Waals surface area contributed by atoms with Crippen LogP contribution in [0.3, 0.4) is 0 Å². The third-order valence-electron chi connectivity index (χ3n) is 4.60. The Morgan fingerprint density at radius 3 is 2.38 bits per heavy atom. The summed E-state index contributed by atoms with van der Waals surface area (Å²) in [7, 11) is 0. The molecule has 1 N–H and O–H groups in total. The van der Waals surface area contributed by atoms with Gasteiger partial charge < -0.3 is 10.2 Å². The van der Waals surface area contributed by atoms with Crippen molar-refractivity contribution >= 4 is 24.4 Å². The summed E-state index contributed by atoms with van der Waals surface area (Å²) in [4.78, 5) is 27.2. The van der Waals surface area contributed by atoms with Crippen LogP contribution in [0.25, 0.3) is 0 Å². The van der Waals surface area contributed by atoms with Crippen LogP contribution in [0.2, 0.25) is 0 Å². The van der Waals surface area contributed by atoms with Gasteiger partial charge in [-0.3, -0.25) is 9.59 Å². The molecule has 136 valence electrons. The van der Waals surface area contributed by atoms with Crippen LogP contribution in [0.5, 0.6) is 0 Å². The van der Waals surface area contributed by atoms with E-state index in [0.29, 0.717) is 23.5 Å². The molecule has 0 bridgehead atoms. The van der Waals surface area contributed by atoms with E-state index in [0.717, 1.165) is 18.4 Å². The number of halogens is 1. The Morgan fingerprint density at radius 2 is 1.73 bits per heavy atom. The van der Waals surface area contributed by atoms with Crippen LogP contribution >= 0.6 is 12.6 Å². The predicted molar refractivity (Wildman–Crippen MR) is 101 cm³/mol. The molecule has 0 atom stereocenters. The van der Waals surface area contributed by atoms with Crippen molar-refractivity contribution in [2.24, 2.45) is 0 Å². The van der Waals surface area contributed by atoms with E-state index in [4.69, 9.17) is 0 Å². The Morgan fingerprint density at radius 1 is 1.08 bits per heavy atom. The molecule has 2 aromatic carbocycles. The zero-order valence-corrected chi connectivity index (χ0v) is 15.2. The number of piperidine rings is 1. The van der Waals surface area contributed by atoms with Gasteiger partial charge in [0, 0.05) is 24.0 Å². The molecule has 0 spiro atoms. The summed E-state index contributed by atoms with van der Waals surface area (Å²) < 4.78 is 12.9. The number of nitrogens with one attached hydrogen (secondary N) is 1. The van der Waals surface area contributed by atoms with Gasteiger partial charge in [0.05, 0.1) is 12.0 Å². The largest absolute Gasteiger partial charge is 0.349 e. The average Bonchev–Trinajstić information content (AvgIpc) is 2.64. The topological polar surface area (TPSA) is 49.4 Å². The Bertz CT molecular complexity index is 787. The van der Waals surface area contributed by atoms with Crippen LogP contribution in [0.4, 0.5) is 4.39 Å². The summed E-state index contributed by atoms with van der Waals surface area (Å²) in [5, 5.41) is 3.02. The summed E-state index contributed by atoms with van der Waals surface area (Å²) in [6.07, 6.45) is 1.70. The normalized spacial score (nSPS) is 14.9. The molecule has 1 aliphatic heterocycles. The molecule has 2 aromatic rings. The van der Waals surface area contributed by atoms with Crippen molar-refractivity contribution in [2.75, 3.05) is 13.1 Å². The number of thiol groups is 1. The smallest absolute Gasteiger partial charge is 0.252 e. The minimum Gasteiger partial charge on any atom is -0.349 e. The number of hydrogen-bond acceptors (Lipinski definition) is 3. The second-order valence-corrected chi connectivity index (χ2v) is 6.93. The monoisotopic (exact) mass is 372 g/mol. The van der Waals surface area contributed by atoms with Gasteiger partial charge in [0.2, 0.25) is 5.91 Å². The molecule has 0 radical (unpaired) electrons. The first-order valence-corrected chi connectivity index (χ1v) is 9.09. The molecule has 1 fully saturated rings. The molecule has 0 saturated carbocycles. The van der Waals surface area contributed by atoms with Crippen LogP contribution in [0.15, 0.2) is 53.4 Å². The van der Waals surface area contributed by atoms with Gasteiger partial charge in [0.25, 0.3) is 5.91 Å². The minimum atomic E-state index is -0.305. The van der Waals surface area contributed by atoms with E-state index in [1.54, 1.807) is 29.2 Å². The highest BCUT2D eigenvalue weighted by atomic mass is 32.1. The van der Waals surface area contributed by atoms with E-state index in [9.17, 15) is 14.0 Å². The lowest BCUT2D eigenvalue weighted by Gasteiger charge is -2.32. The molecule has 3 rings (SSSR count). The van der Waals surface area contributed by atoms with E-state index >= 15 is 0 Å². The maximum atomic E-state index is 12.9. The number of carbonyl (C=O) groups excluding carboxylic acids is 2. The third kappa shape index (κ3) is 4.64. The van der Waals surface area contributed by atoms with Crippen molar-refractivity contribution in [1.82, 2.24) is 10.2 Å². The molecule has 0 unspecified atom stereocenters. The van der Waals surface area contributed by atoms with E-state index in [2.05, 4.69) is 17.9 Å². The van der Waals surface area contributed by atoms with Gasteiger partial charge in [0.1, 0.15) is 5.82 Å². The van der Waals surface area contributed by atoms with E-state index < -0.39 is 0 Å². The predicted octanol–water partition coefficient (Wildman–Crippen LogP) is 3.08. The molecule has 26 heavy (non-hydrogen) atoms. The molecule has 1 aliphatic rings. The summed E-state index contributed by atoms with van der Waals surface area (Å²) in [5.74, 6) is -0.408.